The highest BCUT2D eigenvalue weighted by atomic mass is 16.5. The fourth-order valence-corrected chi connectivity index (χ4v) is 5.15. The number of benzene rings is 2. The summed E-state index contributed by atoms with van der Waals surface area (Å²) in [5.41, 5.74) is 6.14. The minimum Gasteiger partial charge on any atom is -0.378 e. The lowest BCUT2D eigenvalue weighted by molar-refractivity contribution is 0.0933. The Morgan fingerprint density at radius 3 is 2.44 bits per heavy atom. The Labute approximate surface area is 191 Å². The largest absolute Gasteiger partial charge is 0.378 e. The van der Waals surface area contributed by atoms with E-state index in [4.69, 9.17) is 4.74 Å². The van der Waals surface area contributed by atoms with Gasteiger partial charge in [0.15, 0.2) is 0 Å². The molecule has 0 aromatic heterocycles. The number of piperazine rings is 1. The Bertz CT molecular complexity index is 931. The van der Waals surface area contributed by atoms with E-state index >= 15 is 0 Å². The lowest BCUT2D eigenvalue weighted by Crippen LogP contribution is -2.45. The van der Waals surface area contributed by atoms with Gasteiger partial charge in [0.2, 0.25) is 0 Å². The zero-order valence-corrected chi connectivity index (χ0v) is 19.1. The Hall–Kier alpha value is -2.57. The molecule has 2 fully saturated rings. The molecule has 6 heteroatoms. The lowest BCUT2D eigenvalue weighted by Gasteiger charge is -2.37. The highest BCUT2D eigenvalue weighted by Gasteiger charge is 2.25. The van der Waals surface area contributed by atoms with Crippen LogP contribution in [0.4, 0.5) is 11.4 Å². The van der Waals surface area contributed by atoms with Crippen molar-refractivity contribution >= 4 is 17.3 Å². The Morgan fingerprint density at radius 1 is 0.938 bits per heavy atom. The van der Waals surface area contributed by atoms with Crippen molar-refractivity contribution in [2.45, 2.75) is 25.3 Å². The highest BCUT2D eigenvalue weighted by Crippen LogP contribution is 2.31. The summed E-state index contributed by atoms with van der Waals surface area (Å²) in [4.78, 5) is 20.2. The number of hydrogen-bond donors (Lipinski definition) is 1. The van der Waals surface area contributed by atoms with Crippen molar-refractivity contribution in [1.82, 2.24) is 10.2 Å². The molecule has 0 radical (unpaired) electrons. The van der Waals surface area contributed by atoms with Crippen molar-refractivity contribution < 1.29 is 9.53 Å². The molecule has 1 amide bonds. The number of amides is 1. The average Bonchev–Trinajstić information content (AvgIpc) is 2.85. The van der Waals surface area contributed by atoms with E-state index in [9.17, 15) is 4.79 Å². The number of hydrogen-bond acceptors (Lipinski definition) is 5. The summed E-state index contributed by atoms with van der Waals surface area (Å²) in [7, 11) is 2.19. The summed E-state index contributed by atoms with van der Waals surface area (Å²) in [5.74, 6) is 0.0315. The van der Waals surface area contributed by atoms with E-state index in [2.05, 4.69) is 57.4 Å². The monoisotopic (exact) mass is 434 g/mol. The number of aryl methyl sites for hydroxylation is 1. The average molecular weight is 435 g/mol. The van der Waals surface area contributed by atoms with Crippen LogP contribution in [0.25, 0.3) is 0 Å². The number of anilines is 2. The maximum Gasteiger partial charge on any atom is 0.251 e. The van der Waals surface area contributed by atoms with Crippen LogP contribution in [-0.4, -0.2) is 76.4 Å². The van der Waals surface area contributed by atoms with Crippen LogP contribution in [0, 0.1) is 0 Å². The predicted octanol–water partition coefficient (Wildman–Crippen LogP) is 2.56. The smallest absolute Gasteiger partial charge is 0.251 e. The van der Waals surface area contributed by atoms with E-state index in [1.165, 1.54) is 16.8 Å². The molecule has 2 aromatic carbocycles. The second-order valence-electron chi connectivity index (χ2n) is 9.26. The molecule has 2 saturated heterocycles. The zero-order valence-electron chi connectivity index (χ0n) is 19.1. The first kappa shape index (κ1) is 21.3. The van der Waals surface area contributed by atoms with Gasteiger partial charge in [-0.1, -0.05) is 12.1 Å². The maximum atomic E-state index is 13.0. The van der Waals surface area contributed by atoms with E-state index < -0.39 is 0 Å². The summed E-state index contributed by atoms with van der Waals surface area (Å²) in [6.07, 6.45) is 2.93. The lowest BCUT2D eigenvalue weighted by atomic mass is 9.86. The van der Waals surface area contributed by atoms with Gasteiger partial charge in [-0.25, -0.2) is 0 Å². The molecule has 0 bridgehead atoms. The molecule has 1 atom stereocenters. The molecule has 2 aliphatic heterocycles. The van der Waals surface area contributed by atoms with Gasteiger partial charge in [0, 0.05) is 62.2 Å². The van der Waals surface area contributed by atoms with Gasteiger partial charge in [-0.3, -0.25) is 4.79 Å². The molecule has 1 aliphatic carbocycles. The van der Waals surface area contributed by atoms with Crippen LogP contribution in [0.3, 0.4) is 0 Å². The van der Waals surface area contributed by atoms with Gasteiger partial charge in [0.1, 0.15) is 0 Å². The summed E-state index contributed by atoms with van der Waals surface area (Å²) >= 11 is 0. The summed E-state index contributed by atoms with van der Waals surface area (Å²) in [6.45, 7) is 7.68. The second kappa shape index (κ2) is 9.51. The molecule has 32 heavy (non-hydrogen) atoms. The maximum absolute atomic E-state index is 13.0. The number of ether oxygens (including phenoxy) is 1. The van der Waals surface area contributed by atoms with Gasteiger partial charge in [-0.05, 0) is 67.8 Å². The number of carbonyl (C=O) groups excluding carboxylic acids is 1. The molecule has 0 spiro atoms. The van der Waals surface area contributed by atoms with Gasteiger partial charge in [-0.2, -0.15) is 0 Å². The van der Waals surface area contributed by atoms with Gasteiger partial charge < -0.3 is 24.8 Å². The molecule has 0 saturated carbocycles. The molecule has 1 N–H and O–H groups in total. The number of likely N-dealkylation sites (N-methyl/N-ethyl adjacent to an activating group) is 1. The Morgan fingerprint density at radius 2 is 1.69 bits per heavy atom. The number of carbonyl (C=O) groups is 1. The van der Waals surface area contributed by atoms with Crippen molar-refractivity contribution in [3.8, 4) is 0 Å². The van der Waals surface area contributed by atoms with E-state index in [1.54, 1.807) is 0 Å². The van der Waals surface area contributed by atoms with Gasteiger partial charge in [-0.15, -0.1) is 0 Å². The SMILES string of the molecule is CN1CCN(c2cccc3c2CC(NC(=O)c2ccc(N4CCOCC4)cc2)CC3)CC1. The zero-order chi connectivity index (χ0) is 21.9. The molecule has 3 aliphatic rings. The van der Waals surface area contributed by atoms with Crippen LogP contribution in [0.5, 0.6) is 0 Å². The Kier molecular flexibility index (Phi) is 6.32. The first-order chi connectivity index (χ1) is 15.7. The topological polar surface area (TPSA) is 48.0 Å². The highest BCUT2D eigenvalue weighted by molar-refractivity contribution is 5.94. The normalized spacial score (nSPS) is 21.8. The third kappa shape index (κ3) is 4.62. The number of fused-ring (bicyclic) bond motifs is 1. The molecule has 2 heterocycles. The van der Waals surface area contributed by atoms with E-state index in [1.807, 2.05) is 12.1 Å². The quantitative estimate of drug-likeness (QED) is 0.802. The molecule has 6 nitrogen and oxygen atoms in total. The number of rotatable bonds is 4. The first-order valence-corrected chi connectivity index (χ1v) is 12.0. The molecule has 5 rings (SSSR count). The Balaban J connectivity index is 1.24. The minimum atomic E-state index is 0.0315. The summed E-state index contributed by atoms with van der Waals surface area (Å²) in [5, 5.41) is 3.31. The van der Waals surface area contributed by atoms with E-state index in [0.29, 0.717) is 0 Å². The van der Waals surface area contributed by atoms with E-state index in [-0.39, 0.29) is 11.9 Å². The van der Waals surface area contributed by atoms with Crippen molar-refractivity contribution in [2.24, 2.45) is 0 Å². The predicted molar refractivity (Wildman–Crippen MR) is 129 cm³/mol. The summed E-state index contributed by atoms with van der Waals surface area (Å²) in [6, 6.07) is 14.9. The number of morpholine rings is 1. The summed E-state index contributed by atoms with van der Waals surface area (Å²) < 4.78 is 5.43. The standard InChI is InChI=1S/C26H34N4O2/c1-28-11-13-30(14-12-28)25-4-2-3-20-5-8-22(19-24(20)25)27-26(31)21-6-9-23(10-7-21)29-15-17-32-18-16-29/h2-4,6-7,9-10,22H,5,8,11-19H2,1H3,(H,27,31). The third-order valence-electron chi connectivity index (χ3n) is 7.15. The van der Waals surface area contributed by atoms with Crippen LogP contribution < -0.4 is 15.1 Å². The van der Waals surface area contributed by atoms with Crippen LogP contribution in [0.15, 0.2) is 42.5 Å². The molecule has 170 valence electrons. The van der Waals surface area contributed by atoms with Crippen molar-refractivity contribution in [2.75, 3.05) is 69.3 Å². The number of nitrogens with one attached hydrogen (secondary N) is 1. The van der Waals surface area contributed by atoms with Crippen molar-refractivity contribution in [3.05, 3.63) is 59.2 Å². The first-order valence-electron chi connectivity index (χ1n) is 12.0. The number of nitrogens with zero attached hydrogens (tertiary/aromatic N) is 3. The third-order valence-corrected chi connectivity index (χ3v) is 7.15. The van der Waals surface area contributed by atoms with Crippen LogP contribution in [0.2, 0.25) is 0 Å². The van der Waals surface area contributed by atoms with Gasteiger partial charge >= 0.3 is 0 Å². The van der Waals surface area contributed by atoms with Gasteiger partial charge in [0.05, 0.1) is 13.2 Å². The van der Waals surface area contributed by atoms with Crippen molar-refractivity contribution in [1.29, 1.82) is 0 Å². The molecular formula is C26H34N4O2. The van der Waals surface area contributed by atoms with E-state index in [0.717, 1.165) is 83.0 Å². The van der Waals surface area contributed by atoms with Crippen molar-refractivity contribution in [3.63, 3.8) is 0 Å². The molecular weight excluding hydrogens is 400 g/mol. The fourth-order valence-electron chi connectivity index (χ4n) is 5.15. The molecule has 1 unspecified atom stereocenters. The second-order valence-corrected chi connectivity index (χ2v) is 9.26. The van der Waals surface area contributed by atoms with Crippen LogP contribution in [0.1, 0.15) is 27.9 Å². The molecule has 2 aromatic rings. The van der Waals surface area contributed by atoms with Crippen LogP contribution >= 0.6 is 0 Å². The van der Waals surface area contributed by atoms with Gasteiger partial charge in [0.25, 0.3) is 5.91 Å². The van der Waals surface area contributed by atoms with Crippen LogP contribution in [-0.2, 0) is 17.6 Å². The minimum absolute atomic E-state index is 0.0315. The fraction of sp³-hybridized carbons (Fsp3) is 0.500.